The number of imidazole rings is 1. The molecule has 2 heterocycles. The lowest BCUT2D eigenvalue weighted by molar-refractivity contribution is 0.411. The summed E-state index contributed by atoms with van der Waals surface area (Å²) in [7, 11) is 0. The number of aryl methyl sites for hydroxylation is 2. The number of fused-ring (bicyclic) bond motifs is 6. The summed E-state index contributed by atoms with van der Waals surface area (Å²) < 4.78 is 2.36. The third-order valence-corrected chi connectivity index (χ3v) is 5.99. The van der Waals surface area contributed by atoms with E-state index in [-0.39, 0.29) is 5.41 Å². The van der Waals surface area contributed by atoms with Gasteiger partial charge in [-0.3, -0.25) is 4.40 Å². The van der Waals surface area contributed by atoms with E-state index in [1.165, 1.54) is 56.0 Å². The van der Waals surface area contributed by atoms with Crippen LogP contribution < -0.4 is 0 Å². The van der Waals surface area contributed by atoms with Gasteiger partial charge in [-0.05, 0) is 59.9 Å². The lowest BCUT2D eigenvalue weighted by Crippen LogP contribution is -2.09. The molecule has 0 atom stereocenters. The first kappa shape index (κ1) is 23.0. The topological polar surface area (TPSA) is 17.3 Å². The average Bonchev–Trinajstić information content (AvgIpc) is 3.18. The minimum atomic E-state index is 0.256. The first-order valence-electron chi connectivity index (χ1n) is 12.1. The number of rotatable bonds is 2. The highest BCUT2D eigenvalue weighted by Crippen LogP contribution is 2.36. The second kappa shape index (κ2) is 9.02. The average molecular weight is 437 g/mol. The number of aromatic nitrogens is 2. The molecule has 0 radical (unpaired) electrons. The zero-order valence-electron chi connectivity index (χ0n) is 21.2. The van der Waals surface area contributed by atoms with Gasteiger partial charge in [0.05, 0.1) is 17.4 Å². The van der Waals surface area contributed by atoms with E-state index in [9.17, 15) is 0 Å². The summed E-state index contributed by atoms with van der Waals surface area (Å²) in [6.07, 6.45) is 4.35. The summed E-state index contributed by atoms with van der Waals surface area (Å²) >= 11 is 0. The smallest absolute Gasteiger partial charge is 0.145 e. The van der Waals surface area contributed by atoms with Gasteiger partial charge in [-0.25, -0.2) is 4.98 Å². The predicted molar refractivity (Wildman–Crippen MR) is 144 cm³/mol. The van der Waals surface area contributed by atoms with E-state index < -0.39 is 0 Å². The third-order valence-electron chi connectivity index (χ3n) is 5.99. The van der Waals surface area contributed by atoms with E-state index in [0.29, 0.717) is 0 Å². The van der Waals surface area contributed by atoms with Crippen LogP contribution in [0.2, 0.25) is 0 Å². The van der Waals surface area contributed by atoms with Gasteiger partial charge in [-0.15, -0.1) is 0 Å². The Bertz CT molecular complexity index is 1410. The van der Waals surface area contributed by atoms with Gasteiger partial charge in [0, 0.05) is 16.3 Å². The van der Waals surface area contributed by atoms with Gasteiger partial charge in [0.2, 0.25) is 0 Å². The largest absolute Gasteiger partial charge is 0.292 e. The van der Waals surface area contributed by atoms with Crippen LogP contribution in [0.25, 0.3) is 38.6 Å². The molecule has 0 bridgehead atoms. The zero-order valence-corrected chi connectivity index (χ0v) is 21.2. The van der Waals surface area contributed by atoms with Crippen molar-refractivity contribution in [2.24, 2.45) is 5.41 Å². The Morgan fingerprint density at radius 2 is 1.42 bits per heavy atom. The van der Waals surface area contributed by atoms with Crippen LogP contribution in [-0.2, 0) is 6.42 Å². The lowest BCUT2D eigenvalue weighted by Gasteiger charge is -2.19. The van der Waals surface area contributed by atoms with E-state index in [0.717, 1.165) is 12.1 Å². The number of nitrogens with zero attached hydrogens (tertiary/aromatic N) is 2. The Hall–Kier alpha value is -3.13. The summed E-state index contributed by atoms with van der Waals surface area (Å²) in [6.45, 7) is 15.5. The molecule has 0 spiro atoms. The molecule has 0 aliphatic rings. The molecule has 0 saturated carbocycles. The van der Waals surface area contributed by atoms with Crippen LogP contribution in [-0.4, -0.2) is 9.38 Å². The van der Waals surface area contributed by atoms with Crippen LogP contribution in [0.1, 0.15) is 57.7 Å². The van der Waals surface area contributed by atoms with Crippen molar-refractivity contribution in [1.82, 2.24) is 9.38 Å². The Morgan fingerprint density at radius 3 is 2.06 bits per heavy atom. The minimum absolute atomic E-state index is 0.256. The molecule has 5 aromatic rings. The van der Waals surface area contributed by atoms with Crippen molar-refractivity contribution >= 4 is 27.3 Å². The first-order chi connectivity index (χ1) is 15.7. The lowest BCUT2D eigenvalue weighted by atomic mass is 9.87. The van der Waals surface area contributed by atoms with Crippen molar-refractivity contribution in [3.63, 3.8) is 0 Å². The van der Waals surface area contributed by atoms with Gasteiger partial charge < -0.3 is 0 Å². The minimum Gasteiger partial charge on any atom is -0.292 e. The molecule has 0 amide bonds. The Balaban J connectivity index is 0.000000821. The maximum Gasteiger partial charge on any atom is 0.145 e. The molecule has 2 aromatic heterocycles. The fourth-order valence-corrected chi connectivity index (χ4v) is 4.81. The summed E-state index contributed by atoms with van der Waals surface area (Å²) in [6, 6.07) is 22.1. The number of pyridine rings is 1. The van der Waals surface area contributed by atoms with Gasteiger partial charge in [0.15, 0.2) is 0 Å². The van der Waals surface area contributed by atoms with E-state index in [1.54, 1.807) is 0 Å². The molecule has 0 saturated heterocycles. The molecular formula is C31H36N2. The quantitative estimate of drug-likeness (QED) is 0.252. The van der Waals surface area contributed by atoms with E-state index in [1.807, 2.05) is 6.20 Å². The molecule has 3 aromatic carbocycles. The molecule has 0 N–H and O–H groups in total. The van der Waals surface area contributed by atoms with Crippen molar-refractivity contribution in [2.75, 3.05) is 0 Å². The number of benzene rings is 3. The molecule has 2 nitrogen and oxygen atoms in total. The van der Waals surface area contributed by atoms with Crippen LogP contribution in [0.3, 0.4) is 0 Å². The maximum absolute atomic E-state index is 4.90. The van der Waals surface area contributed by atoms with Gasteiger partial charge >= 0.3 is 0 Å². The molecule has 170 valence electrons. The highest BCUT2D eigenvalue weighted by Gasteiger charge is 2.18. The van der Waals surface area contributed by atoms with Crippen LogP contribution >= 0.6 is 0 Å². The van der Waals surface area contributed by atoms with Gasteiger partial charge in [0.1, 0.15) is 5.65 Å². The zero-order chi connectivity index (χ0) is 23.8. The summed E-state index contributed by atoms with van der Waals surface area (Å²) in [5.41, 5.74) is 8.89. The Kier molecular flexibility index (Phi) is 6.30. The fourth-order valence-electron chi connectivity index (χ4n) is 4.81. The number of hydrogen-bond donors (Lipinski definition) is 0. The normalized spacial score (nSPS) is 11.7. The van der Waals surface area contributed by atoms with Crippen LogP contribution in [0.4, 0.5) is 0 Å². The highest BCUT2D eigenvalue weighted by atomic mass is 15.0. The van der Waals surface area contributed by atoms with Crippen molar-refractivity contribution in [2.45, 2.75) is 61.3 Å². The molecule has 0 fully saturated rings. The van der Waals surface area contributed by atoms with Gasteiger partial charge in [-0.2, -0.15) is 0 Å². The molecule has 5 rings (SSSR count). The fraction of sp³-hybridized carbons (Fsp3) is 0.323. The highest BCUT2D eigenvalue weighted by molar-refractivity contribution is 6.12. The molecule has 0 aliphatic carbocycles. The molecule has 0 unspecified atom stereocenters. The van der Waals surface area contributed by atoms with Crippen molar-refractivity contribution in [1.29, 1.82) is 0 Å². The van der Waals surface area contributed by atoms with Crippen LogP contribution in [0, 0.1) is 19.3 Å². The molecule has 2 heteroatoms. The summed E-state index contributed by atoms with van der Waals surface area (Å²) in [5.74, 6) is 0. The van der Waals surface area contributed by atoms with Gasteiger partial charge in [0.25, 0.3) is 0 Å². The van der Waals surface area contributed by atoms with E-state index >= 15 is 0 Å². The second-order valence-electron chi connectivity index (χ2n) is 10.4. The molecular weight excluding hydrogens is 400 g/mol. The van der Waals surface area contributed by atoms with Gasteiger partial charge in [-0.1, -0.05) is 89.6 Å². The SMILES string of the molecule is CCC.Cc1cccc(C)c1-c1cnc2c3ccccc3c3cc(CC(C)(C)C)ccc3n12. The maximum atomic E-state index is 4.90. The van der Waals surface area contributed by atoms with E-state index in [2.05, 4.69) is 114 Å². The second-order valence-corrected chi connectivity index (χ2v) is 10.4. The summed E-state index contributed by atoms with van der Waals surface area (Å²) in [4.78, 5) is 4.90. The Labute approximate surface area is 198 Å². The predicted octanol–water partition coefficient (Wildman–Crippen LogP) is 8.93. The first-order valence-corrected chi connectivity index (χ1v) is 12.1. The van der Waals surface area contributed by atoms with Crippen LogP contribution in [0.15, 0.2) is 66.9 Å². The standard InChI is InChI=1S/C28H28N2.C3H8/c1-18-9-8-10-19(2)26(18)25-17-29-27-22-12-7-6-11-21(22)23-15-20(16-28(3,4)5)13-14-24(23)30(25)27;1-3-2/h6-15,17H,16H2,1-5H3;3H2,1-2H3. The van der Waals surface area contributed by atoms with Crippen molar-refractivity contribution in [3.05, 3.63) is 83.6 Å². The number of hydrogen-bond acceptors (Lipinski definition) is 1. The Morgan fingerprint density at radius 1 is 0.788 bits per heavy atom. The van der Waals surface area contributed by atoms with E-state index in [4.69, 9.17) is 4.98 Å². The van der Waals surface area contributed by atoms with Crippen LogP contribution in [0.5, 0.6) is 0 Å². The monoisotopic (exact) mass is 436 g/mol. The molecule has 0 aliphatic heterocycles. The van der Waals surface area contributed by atoms with Crippen molar-refractivity contribution in [3.8, 4) is 11.3 Å². The summed E-state index contributed by atoms with van der Waals surface area (Å²) in [5, 5.41) is 3.77. The molecule has 33 heavy (non-hydrogen) atoms. The van der Waals surface area contributed by atoms with Crippen molar-refractivity contribution < 1.29 is 0 Å². The third kappa shape index (κ3) is 4.39.